The molecule has 1 N–H and O–H groups in total. The molecule has 1 atom stereocenters. The van der Waals surface area contributed by atoms with E-state index in [0.717, 1.165) is 0 Å². The minimum atomic E-state index is 0.653. The summed E-state index contributed by atoms with van der Waals surface area (Å²) in [7, 11) is 0. The van der Waals surface area contributed by atoms with Gasteiger partial charge in [0.1, 0.15) is 0 Å². The number of aromatic nitrogens is 1. The number of pyridine rings is 1. The molecule has 0 saturated carbocycles. The van der Waals surface area contributed by atoms with Crippen molar-refractivity contribution in [1.82, 2.24) is 4.98 Å². The number of thioether (sulfide) groups is 1. The first-order chi connectivity index (χ1) is 7.92. The third-order valence-corrected chi connectivity index (χ3v) is 4.67. The molecular weight excluding hydrogens is 216 g/mol. The van der Waals surface area contributed by atoms with Crippen LogP contribution in [0.25, 0.3) is 0 Å². The quantitative estimate of drug-likeness (QED) is 0.851. The Morgan fingerprint density at radius 2 is 2.31 bits per heavy atom. The zero-order valence-corrected chi connectivity index (χ0v) is 10.4. The third-order valence-electron chi connectivity index (χ3n) is 3.45. The largest absolute Gasteiger partial charge is 0.380 e. The molecule has 3 rings (SSSR count). The summed E-state index contributed by atoms with van der Waals surface area (Å²) in [6, 6.07) is 2.97. The number of anilines is 1. The molecule has 16 heavy (non-hydrogen) atoms. The van der Waals surface area contributed by atoms with Crippen molar-refractivity contribution in [2.75, 3.05) is 16.8 Å². The summed E-state index contributed by atoms with van der Waals surface area (Å²) in [5, 5.41) is 3.63. The summed E-state index contributed by atoms with van der Waals surface area (Å²) >= 11 is 2.06. The van der Waals surface area contributed by atoms with Crippen LogP contribution in [0.15, 0.2) is 12.3 Å². The summed E-state index contributed by atoms with van der Waals surface area (Å²) < 4.78 is 0. The van der Waals surface area contributed by atoms with Gasteiger partial charge in [-0.25, -0.2) is 0 Å². The molecule has 86 valence electrons. The fourth-order valence-electron chi connectivity index (χ4n) is 2.60. The van der Waals surface area contributed by atoms with Crippen molar-refractivity contribution in [3.63, 3.8) is 0 Å². The molecule has 1 unspecified atom stereocenters. The van der Waals surface area contributed by atoms with E-state index >= 15 is 0 Å². The molecule has 0 radical (unpaired) electrons. The van der Waals surface area contributed by atoms with Crippen LogP contribution in [0.4, 0.5) is 5.69 Å². The summed E-state index contributed by atoms with van der Waals surface area (Å²) in [6.45, 7) is 0. The minimum Gasteiger partial charge on any atom is -0.380 e. The maximum absolute atomic E-state index is 4.56. The molecule has 0 amide bonds. The number of hydrogen-bond acceptors (Lipinski definition) is 3. The lowest BCUT2D eigenvalue weighted by molar-refractivity contribution is 0.684. The Kier molecular flexibility index (Phi) is 3.04. The summed E-state index contributed by atoms with van der Waals surface area (Å²) in [6.07, 6.45) is 8.35. The Bertz CT molecular complexity index is 372. The molecule has 3 heteroatoms. The Hall–Kier alpha value is -0.700. The van der Waals surface area contributed by atoms with Crippen LogP contribution in [0.1, 0.15) is 30.5 Å². The highest BCUT2D eigenvalue weighted by molar-refractivity contribution is 7.99. The highest BCUT2D eigenvalue weighted by atomic mass is 32.2. The van der Waals surface area contributed by atoms with Gasteiger partial charge in [-0.2, -0.15) is 11.8 Å². The average Bonchev–Trinajstić information content (AvgIpc) is 2.77. The zero-order chi connectivity index (χ0) is 10.8. The van der Waals surface area contributed by atoms with E-state index < -0.39 is 0 Å². The second kappa shape index (κ2) is 4.66. The summed E-state index contributed by atoms with van der Waals surface area (Å²) in [5.74, 6) is 2.58. The highest BCUT2D eigenvalue weighted by Crippen LogP contribution is 2.25. The molecule has 1 aliphatic carbocycles. The maximum Gasteiger partial charge on any atom is 0.0532 e. The first kappa shape index (κ1) is 10.5. The number of nitrogens with one attached hydrogen (secondary N) is 1. The van der Waals surface area contributed by atoms with Crippen LogP contribution in [0, 0.1) is 0 Å². The van der Waals surface area contributed by atoms with Gasteiger partial charge in [-0.05, 0) is 49.5 Å². The van der Waals surface area contributed by atoms with Crippen LogP contribution in [-0.2, 0) is 12.8 Å². The van der Waals surface area contributed by atoms with Gasteiger partial charge < -0.3 is 5.32 Å². The van der Waals surface area contributed by atoms with Gasteiger partial charge in [-0.3, -0.25) is 4.98 Å². The van der Waals surface area contributed by atoms with E-state index in [1.807, 2.05) is 6.20 Å². The molecule has 1 aromatic rings. The van der Waals surface area contributed by atoms with Crippen LogP contribution < -0.4 is 5.32 Å². The van der Waals surface area contributed by atoms with Gasteiger partial charge in [-0.1, -0.05) is 0 Å². The molecule has 0 spiro atoms. The van der Waals surface area contributed by atoms with Gasteiger partial charge in [0, 0.05) is 17.5 Å². The molecule has 1 aliphatic heterocycles. The second-order valence-electron chi connectivity index (χ2n) is 4.74. The van der Waals surface area contributed by atoms with Crippen molar-refractivity contribution in [3.8, 4) is 0 Å². The summed E-state index contributed by atoms with van der Waals surface area (Å²) in [4.78, 5) is 4.56. The molecule has 1 fully saturated rings. The van der Waals surface area contributed by atoms with Crippen LogP contribution in [0.2, 0.25) is 0 Å². The fraction of sp³-hybridized carbons (Fsp3) is 0.615. The van der Waals surface area contributed by atoms with Crippen LogP contribution in [0.5, 0.6) is 0 Å². The molecule has 0 aromatic carbocycles. The number of hydrogen-bond donors (Lipinski definition) is 1. The van der Waals surface area contributed by atoms with Gasteiger partial charge in [0.2, 0.25) is 0 Å². The normalized spacial score (nSPS) is 24.1. The molecule has 1 saturated heterocycles. The van der Waals surface area contributed by atoms with Crippen LogP contribution in [0.3, 0.4) is 0 Å². The topological polar surface area (TPSA) is 24.9 Å². The Labute approximate surface area is 101 Å². The van der Waals surface area contributed by atoms with Crippen LogP contribution >= 0.6 is 11.8 Å². The predicted octanol–water partition coefficient (Wildman–Crippen LogP) is 2.88. The second-order valence-corrected chi connectivity index (χ2v) is 5.89. The SMILES string of the molecule is c1nc2c(cc1NC1CCCSC1)CCC2. The van der Waals surface area contributed by atoms with Crippen molar-refractivity contribution in [2.24, 2.45) is 0 Å². The predicted molar refractivity (Wildman–Crippen MR) is 70.2 cm³/mol. The molecular formula is C13H18N2S. The van der Waals surface area contributed by atoms with E-state index in [2.05, 4.69) is 28.1 Å². The molecule has 2 heterocycles. The fourth-order valence-corrected chi connectivity index (χ4v) is 3.67. The Balaban J connectivity index is 1.69. The molecule has 1 aromatic heterocycles. The Morgan fingerprint density at radius 3 is 3.19 bits per heavy atom. The lowest BCUT2D eigenvalue weighted by Gasteiger charge is -2.23. The lowest BCUT2D eigenvalue weighted by Crippen LogP contribution is -2.25. The average molecular weight is 234 g/mol. The van der Waals surface area contributed by atoms with Gasteiger partial charge in [0.05, 0.1) is 11.9 Å². The van der Waals surface area contributed by atoms with E-state index in [1.54, 1.807) is 0 Å². The van der Waals surface area contributed by atoms with Gasteiger partial charge >= 0.3 is 0 Å². The third kappa shape index (κ3) is 2.19. The van der Waals surface area contributed by atoms with Gasteiger partial charge in [0.15, 0.2) is 0 Å². The van der Waals surface area contributed by atoms with Crippen molar-refractivity contribution in [1.29, 1.82) is 0 Å². The first-order valence-electron chi connectivity index (χ1n) is 6.24. The number of rotatable bonds is 2. The van der Waals surface area contributed by atoms with E-state index in [4.69, 9.17) is 0 Å². The smallest absolute Gasteiger partial charge is 0.0532 e. The van der Waals surface area contributed by atoms with Crippen LogP contribution in [-0.4, -0.2) is 22.5 Å². The van der Waals surface area contributed by atoms with E-state index in [-0.39, 0.29) is 0 Å². The lowest BCUT2D eigenvalue weighted by atomic mass is 10.1. The minimum absolute atomic E-state index is 0.653. The van der Waals surface area contributed by atoms with Crippen molar-refractivity contribution < 1.29 is 0 Å². The van der Waals surface area contributed by atoms with E-state index in [0.29, 0.717) is 6.04 Å². The van der Waals surface area contributed by atoms with Crippen molar-refractivity contribution >= 4 is 17.4 Å². The molecule has 2 aliphatic rings. The number of fused-ring (bicyclic) bond motifs is 1. The number of nitrogens with zero attached hydrogens (tertiary/aromatic N) is 1. The highest BCUT2D eigenvalue weighted by Gasteiger charge is 2.16. The van der Waals surface area contributed by atoms with Gasteiger partial charge in [0.25, 0.3) is 0 Å². The Morgan fingerprint density at radius 1 is 1.31 bits per heavy atom. The van der Waals surface area contributed by atoms with Crippen molar-refractivity contribution in [3.05, 3.63) is 23.5 Å². The zero-order valence-electron chi connectivity index (χ0n) is 9.54. The monoisotopic (exact) mass is 234 g/mol. The van der Waals surface area contributed by atoms with E-state index in [9.17, 15) is 0 Å². The van der Waals surface area contributed by atoms with E-state index in [1.165, 1.54) is 60.6 Å². The van der Waals surface area contributed by atoms with Gasteiger partial charge in [-0.15, -0.1) is 0 Å². The summed E-state index contributed by atoms with van der Waals surface area (Å²) in [5.41, 5.74) is 4.02. The van der Waals surface area contributed by atoms with Crippen molar-refractivity contribution in [2.45, 2.75) is 38.1 Å². The number of aryl methyl sites for hydroxylation is 2. The molecule has 2 nitrogen and oxygen atoms in total. The maximum atomic E-state index is 4.56. The first-order valence-corrected chi connectivity index (χ1v) is 7.39. The standard InChI is InChI=1S/C13H18N2S/c1-3-10-7-12(8-14-13(10)5-1)15-11-4-2-6-16-9-11/h7-8,11,15H,1-6,9H2. The molecule has 0 bridgehead atoms.